The molecule has 1 aromatic heterocycles. The second-order valence-electron chi connectivity index (χ2n) is 7.98. The van der Waals surface area contributed by atoms with Gasteiger partial charge in [0.2, 0.25) is 0 Å². The van der Waals surface area contributed by atoms with Crippen molar-refractivity contribution in [3.63, 3.8) is 0 Å². The fourth-order valence-corrected chi connectivity index (χ4v) is 4.14. The maximum atomic E-state index is 13.3. The first-order chi connectivity index (χ1) is 15.0. The molecule has 0 radical (unpaired) electrons. The summed E-state index contributed by atoms with van der Waals surface area (Å²) in [5.41, 5.74) is 4.31. The van der Waals surface area contributed by atoms with Crippen molar-refractivity contribution in [2.45, 2.75) is 25.3 Å². The molecule has 4 rings (SSSR count). The van der Waals surface area contributed by atoms with Crippen molar-refractivity contribution in [2.75, 3.05) is 27.7 Å². The third kappa shape index (κ3) is 4.32. The van der Waals surface area contributed by atoms with Crippen molar-refractivity contribution in [3.8, 4) is 11.4 Å². The largest absolute Gasteiger partial charge is 0.497 e. The number of methoxy groups -OCH3 is 1. The SMILES string of the molecule is COc1cccc(C(CNC(=O)c2nn(-c3ccc(F)cc3)c3c2CCC3)N(C)C)c1. The lowest BCUT2D eigenvalue weighted by Crippen LogP contribution is -2.35. The Morgan fingerprint density at radius 2 is 2.00 bits per heavy atom. The number of rotatable bonds is 7. The van der Waals surface area contributed by atoms with E-state index in [1.807, 2.05) is 38.4 Å². The average molecular weight is 423 g/mol. The topological polar surface area (TPSA) is 59.4 Å². The molecule has 3 aromatic rings. The molecule has 2 aromatic carbocycles. The lowest BCUT2D eigenvalue weighted by Gasteiger charge is -2.25. The van der Waals surface area contributed by atoms with Crippen LogP contribution in [0.15, 0.2) is 48.5 Å². The molecule has 162 valence electrons. The predicted octanol–water partition coefficient (Wildman–Crippen LogP) is 3.54. The minimum atomic E-state index is -0.294. The molecule has 1 unspecified atom stereocenters. The van der Waals surface area contributed by atoms with Crippen LogP contribution < -0.4 is 10.1 Å². The molecule has 1 N–H and O–H groups in total. The van der Waals surface area contributed by atoms with Crippen LogP contribution in [0.1, 0.15) is 39.8 Å². The molecular weight excluding hydrogens is 395 g/mol. The number of ether oxygens (including phenoxy) is 1. The van der Waals surface area contributed by atoms with Gasteiger partial charge in [0.05, 0.1) is 18.8 Å². The Bertz CT molecular complexity index is 1080. The first kappa shape index (κ1) is 21.1. The van der Waals surface area contributed by atoms with Gasteiger partial charge in [-0.15, -0.1) is 0 Å². The lowest BCUT2D eigenvalue weighted by molar-refractivity contribution is 0.0935. The summed E-state index contributed by atoms with van der Waals surface area (Å²) in [6, 6.07) is 14.1. The third-order valence-corrected chi connectivity index (χ3v) is 5.77. The molecule has 7 heteroatoms. The second kappa shape index (κ2) is 8.89. The normalized spacial score (nSPS) is 13.8. The number of nitrogens with zero attached hydrogens (tertiary/aromatic N) is 3. The van der Waals surface area contributed by atoms with E-state index in [2.05, 4.69) is 15.3 Å². The maximum Gasteiger partial charge on any atom is 0.272 e. The van der Waals surface area contributed by atoms with Crippen molar-refractivity contribution in [3.05, 3.63) is 76.9 Å². The smallest absolute Gasteiger partial charge is 0.272 e. The van der Waals surface area contributed by atoms with Gasteiger partial charge in [0, 0.05) is 17.8 Å². The third-order valence-electron chi connectivity index (χ3n) is 5.77. The quantitative estimate of drug-likeness (QED) is 0.633. The number of hydrogen-bond acceptors (Lipinski definition) is 4. The molecule has 1 atom stereocenters. The number of amides is 1. The molecule has 0 saturated heterocycles. The number of carbonyl (C=O) groups excluding carboxylic acids is 1. The number of likely N-dealkylation sites (N-methyl/N-ethyl adjacent to an activating group) is 1. The minimum absolute atomic E-state index is 0.00807. The zero-order valence-corrected chi connectivity index (χ0v) is 18.1. The Labute approximate surface area is 181 Å². The van der Waals surface area contributed by atoms with E-state index in [9.17, 15) is 9.18 Å². The van der Waals surface area contributed by atoms with Crippen LogP contribution in [0.4, 0.5) is 4.39 Å². The molecule has 31 heavy (non-hydrogen) atoms. The van der Waals surface area contributed by atoms with Gasteiger partial charge < -0.3 is 15.0 Å². The predicted molar refractivity (Wildman–Crippen MR) is 117 cm³/mol. The van der Waals surface area contributed by atoms with Crippen LogP contribution in [0.25, 0.3) is 5.69 Å². The summed E-state index contributed by atoms with van der Waals surface area (Å²) in [6.45, 7) is 0.442. The Hall–Kier alpha value is -3.19. The van der Waals surface area contributed by atoms with E-state index in [0.29, 0.717) is 12.2 Å². The first-order valence-electron chi connectivity index (χ1n) is 10.4. The van der Waals surface area contributed by atoms with Crippen molar-refractivity contribution >= 4 is 5.91 Å². The van der Waals surface area contributed by atoms with Gasteiger partial charge in [0.15, 0.2) is 5.69 Å². The summed E-state index contributed by atoms with van der Waals surface area (Å²) in [5.74, 6) is 0.304. The molecule has 1 heterocycles. The van der Waals surface area contributed by atoms with Gasteiger partial charge in [-0.05, 0) is 75.3 Å². The van der Waals surface area contributed by atoms with Crippen LogP contribution >= 0.6 is 0 Å². The van der Waals surface area contributed by atoms with Crippen LogP contribution in [0.2, 0.25) is 0 Å². The zero-order valence-electron chi connectivity index (χ0n) is 18.1. The average Bonchev–Trinajstić information content (AvgIpc) is 3.37. The Morgan fingerprint density at radius 1 is 1.23 bits per heavy atom. The van der Waals surface area contributed by atoms with E-state index in [4.69, 9.17) is 4.74 Å². The molecule has 0 fully saturated rings. The molecule has 0 saturated carbocycles. The standard InChI is InChI=1S/C24H27FN4O2/c1-28(2)22(16-6-4-7-19(14-16)31-3)15-26-24(30)23-20-8-5-9-21(20)29(27-23)18-12-10-17(25)11-13-18/h4,6-7,10-14,22H,5,8-9,15H2,1-3H3,(H,26,30). The Morgan fingerprint density at radius 3 is 2.71 bits per heavy atom. The maximum absolute atomic E-state index is 13.3. The molecule has 1 aliphatic carbocycles. The number of carbonyl (C=O) groups is 1. The molecule has 6 nitrogen and oxygen atoms in total. The first-order valence-corrected chi connectivity index (χ1v) is 10.4. The van der Waals surface area contributed by atoms with E-state index in [0.717, 1.165) is 47.5 Å². The van der Waals surface area contributed by atoms with Crippen LogP contribution in [0.3, 0.4) is 0 Å². The van der Waals surface area contributed by atoms with Crippen LogP contribution in [0.5, 0.6) is 5.75 Å². The van der Waals surface area contributed by atoms with Crippen LogP contribution in [0, 0.1) is 5.82 Å². The number of aromatic nitrogens is 2. The van der Waals surface area contributed by atoms with Gasteiger partial charge in [-0.1, -0.05) is 12.1 Å². The summed E-state index contributed by atoms with van der Waals surface area (Å²) in [4.78, 5) is 15.2. The van der Waals surface area contributed by atoms with Crippen LogP contribution in [-0.4, -0.2) is 48.3 Å². The second-order valence-corrected chi connectivity index (χ2v) is 7.98. The molecule has 0 spiro atoms. The summed E-state index contributed by atoms with van der Waals surface area (Å²) >= 11 is 0. The van der Waals surface area contributed by atoms with Crippen molar-refractivity contribution in [2.24, 2.45) is 0 Å². The fraction of sp³-hybridized carbons (Fsp3) is 0.333. The highest BCUT2D eigenvalue weighted by molar-refractivity contribution is 5.94. The van der Waals surface area contributed by atoms with Gasteiger partial charge in [-0.25, -0.2) is 9.07 Å². The van der Waals surface area contributed by atoms with Gasteiger partial charge in [-0.2, -0.15) is 5.10 Å². The summed E-state index contributed by atoms with van der Waals surface area (Å²) in [5, 5.41) is 7.67. The van der Waals surface area contributed by atoms with E-state index < -0.39 is 0 Å². The molecule has 1 amide bonds. The summed E-state index contributed by atoms with van der Waals surface area (Å²) < 4.78 is 20.5. The number of benzene rings is 2. The highest BCUT2D eigenvalue weighted by Gasteiger charge is 2.27. The number of halogens is 1. The molecule has 0 bridgehead atoms. The van der Waals surface area contributed by atoms with E-state index in [-0.39, 0.29) is 17.8 Å². The number of hydrogen-bond donors (Lipinski definition) is 1. The lowest BCUT2D eigenvalue weighted by atomic mass is 10.1. The van der Waals surface area contributed by atoms with E-state index in [1.54, 1.807) is 23.9 Å². The Kier molecular flexibility index (Phi) is 6.04. The van der Waals surface area contributed by atoms with E-state index in [1.165, 1.54) is 12.1 Å². The highest BCUT2D eigenvalue weighted by atomic mass is 19.1. The minimum Gasteiger partial charge on any atom is -0.497 e. The number of nitrogens with one attached hydrogen (secondary N) is 1. The van der Waals surface area contributed by atoms with Gasteiger partial charge in [0.1, 0.15) is 11.6 Å². The number of fused-ring (bicyclic) bond motifs is 1. The van der Waals surface area contributed by atoms with E-state index >= 15 is 0 Å². The molecule has 0 aliphatic heterocycles. The fourth-order valence-electron chi connectivity index (χ4n) is 4.14. The highest BCUT2D eigenvalue weighted by Crippen LogP contribution is 2.28. The van der Waals surface area contributed by atoms with Crippen molar-refractivity contribution in [1.82, 2.24) is 20.0 Å². The van der Waals surface area contributed by atoms with Crippen molar-refractivity contribution < 1.29 is 13.9 Å². The van der Waals surface area contributed by atoms with Crippen molar-refractivity contribution in [1.29, 1.82) is 0 Å². The summed E-state index contributed by atoms with van der Waals surface area (Å²) in [7, 11) is 5.61. The van der Waals surface area contributed by atoms with Crippen LogP contribution in [-0.2, 0) is 12.8 Å². The Balaban J connectivity index is 1.55. The zero-order chi connectivity index (χ0) is 22.0. The summed E-state index contributed by atoms with van der Waals surface area (Å²) in [6.07, 6.45) is 2.67. The van der Waals surface area contributed by atoms with Gasteiger partial charge >= 0.3 is 0 Å². The molecular formula is C24H27FN4O2. The van der Waals surface area contributed by atoms with Gasteiger partial charge in [-0.3, -0.25) is 4.79 Å². The monoisotopic (exact) mass is 422 g/mol. The van der Waals surface area contributed by atoms with Gasteiger partial charge in [0.25, 0.3) is 5.91 Å². The molecule has 1 aliphatic rings.